The summed E-state index contributed by atoms with van der Waals surface area (Å²) in [5.74, 6) is 2.19. The van der Waals surface area contributed by atoms with Gasteiger partial charge in [-0.05, 0) is 29.3 Å². The lowest BCUT2D eigenvalue weighted by atomic mass is 9.85. The molecule has 0 fully saturated rings. The normalized spacial score (nSPS) is 20.9. The highest BCUT2D eigenvalue weighted by Gasteiger charge is 2.42. The van der Waals surface area contributed by atoms with Crippen LogP contribution >= 0.6 is 15.9 Å². The smallest absolute Gasteiger partial charge is 0.231 e. The van der Waals surface area contributed by atoms with E-state index in [0.29, 0.717) is 12.2 Å². The molecule has 0 bridgehead atoms. The lowest BCUT2D eigenvalue weighted by molar-refractivity contribution is -0.924. The van der Waals surface area contributed by atoms with Crippen LogP contribution in [-0.4, -0.2) is 44.1 Å². The van der Waals surface area contributed by atoms with Crippen molar-refractivity contribution in [2.24, 2.45) is 0 Å². The fourth-order valence-electron chi connectivity index (χ4n) is 4.20. The van der Waals surface area contributed by atoms with E-state index in [0.717, 1.165) is 44.5 Å². The van der Waals surface area contributed by atoms with E-state index in [-0.39, 0.29) is 12.8 Å². The fraction of sp³-hybridized carbons (Fsp3) is 0.429. The molecule has 0 amide bonds. The predicted molar refractivity (Wildman–Crippen MR) is 106 cm³/mol. The van der Waals surface area contributed by atoms with Gasteiger partial charge in [0.25, 0.3) is 0 Å². The number of nitrogens with zero attached hydrogens (tertiary/aromatic N) is 1. The number of fused-ring (bicyclic) bond motifs is 2. The average Bonchev–Trinajstić information content (AvgIpc) is 3.11. The van der Waals surface area contributed by atoms with Crippen LogP contribution in [0.15, 0.2) is 34.8 Å². The topological polar surface area (TPSA) is 47.9 Å². The highest BCUT2D eigenvalue weighted by Crippen LogP contribution is 2.52. The Morgan fingerprint density at radius 1 is 1.26 bits per heavy atom. The number of likely N-dealkylation sites (N-methyl/N-ethyl adjacent to an activating group) is 1. The number of ether oxygens (including phenoxy) is 3. The predicted octanol–water partition coefficient (Wildman–Crippen LogP) is 3.98. The number of methoxy groups -OCH3 is 1. The molecule has 0 saturated carbocycles. The van der Waals surface area contributed by atoms with Gasteiger partial charge in [-0.25, -0.2) is 0 Å². The second-order valence-electron chi connectivity index (χ2n) is 7.79. The Hall–Kier alpha value is -1.76. The van der Waals surface area contributed by atoms with Gasteiger partial charge < -0.3 is 23.8 Å². The number of aliphatic hydroxyl groups excluding tert-OH is 1. The van der Waals surface area contributed by atoms with Crippen LogP contribution in [0.3, 0.4) is 0 Å². The number of quaternary nitrogens is 1. The third-order valence-corrected chi connectivity index (χ3v) is 6.31. The molecule has 0 spiro atoms. The average molecular weight is 435 g/mol. The number of benzene rings is 2. The Bertz CT molecular complexity index is 850. The van der Waals surface area contributed by atoms with Gasteiger partial charge in [0.2, 0.25) is 12.5 Å². The molecule has 144 valence electrons. The van der Waals surface area contributed by atoms with Gasteiger partial charge in [-0.2, -0.15) is 0 Å². The van der Waals surface area contributed by atoms with Crippen LogP contribution in [0.1, 0.15) is 35.3 Å². The van der Waals surface area contributed by atoms with Gasteiger partial charge in [0, 0.05) is 17.3 Å². The van der Waals surface area contributed by atoms with Gasteiger partial charge in [-0.3, -0.25) is 0 Å². The van der Waals surface area contributed by atoms with Gasteiger partial charge in [0.15, 0.2) is 11.5 Å². The third kappa shape index (κ3) is 3.30. The van der Waals surface area contributed by atoms with E-state index in [1.54, 1.807) is 7.11 Å². The molecular formula is C21H25BrNO4+. The molecule has 2 aliphatic heterocycles. The molecular weight excluding hydrogens is 410 g/mol. The van der Waals surface area contributed by atoms with Crippen LogP contribution in [0.25, 0.3) is 0 Å². The van der Waals surface area contributed by atoms with E-state index in [1.165, 1.54) is 5.56 Å². The summed E-state index contributed by atoms with van der Waals surface area (Å²) >= 11 is 3.45. The number of rotatable bonds is 4. The molecule has 2 aromatic rings. The van der Waals surface area contributed by atoms with Crippen molar-refractivity contribution in [1.82, 2.24) is 0 Å². The first kappa shape index (κ1) is 18.6. The van der Waals surface area contributed by atoms with Crippen molar-refractivity contribution in [3.63, 3.8) is 0 Å². The summed E-state index contributed by atoms with van der Waals surface area (Å²) in [7, 11) is 6.10. The maximum absolute atomic E-state index is 11.0. The molecule has 2 atom stereocenters. The molecule has 0 unspecified atom stereocenters. The molecule has 5 nitrogen and oxygen atoms in total. The van der Waals surface area contributed by atoms with Crippen molar-refractivity contribution in [2.75, 3.05) is 34.5 Å². The van der Waals surface area contributed by atoms with Crippen LogP contribution in [0.4, 0.5) is 0 Å². The minimum atomic E-state index is -0.554. The van der Waals surface area contributed by atoms with Crippen LogP contribution in [-0.2, 0) is 6.42 Å². The molecule has 1 N–H and O–H groups in total. The zero-order valence-corrected chi connectivity index (χ0v) is 17.5. The fourth-order valence-corrected chi connectivity index (χ4v) is 4.47. The second-order valence-corrected chi connectivity index (χ2v) is 8.70. The first-order valence-corrected chi connectivity index (χ1v) is 9.95. The van der Waals surface area contributed by atoms with Gasteiger partial charge >= 0.3 is 0 Å². The summed E-state index contributed by atoms with van der Waals surface area (Å²) < 4.78 is 18.9. The zero-order valence-electron chi connectivity index (χ0n) is 15.9. The van der Waals surface area contributed by atoms with E-state index in [9.17, 15) is 5.11 Å². The second kappa shape index (κ2) is 7.00. The SMILES string of the molecule is COc1c2c(cc3c1[C@@H](C[C@H](O)c1ccc(Br)cc1)[N+](C)(C)CC3)OCO2. The third-order valence-electron chi connectivity index (χ3n) is 5.78. The number of hydrogen-bond acceptors (Lipinski definition) is 4. The lowest BCUT2D eigenvalue weighted by Gasteiger charge is -2.44. The molecule has 4 rings (SSSR count). The van der Waals surface area contributed by atoms with E-state index < -0.39 is 6.10 Å². The molecule has 0 radical (unpaired) electrons. The summed E-state index contributed by atoms with van der Waals surface area (Å²) in [4.78, 5) is 0. The molecule has 2 aromatic carbocycles. The highest BCUT2D eigenvalue weighted by molar-refractivity contribution is 9.10. The van der Waals surface area contributed by atoms with Crippen molar-refractivity contribution in [3.05, 3.63) is 51.5 Å². The Morgan fingerprint density at radius 2 is 2.00 bits per heavy atom. The lowest BCUT2D eigenvalue weighted by Crippen LogP contribution is -2.48. The Morgan fingerprint density at radius 3 is 2.70 bits per heavy atom. The standard InChI is InChI=1S/C21H25BrNO4/c1-23(2)9-8-14-10-18-20(27-12-26-18)21(25-3)19(14)16(23)11-17(24)13-4-6-15(22)7-5-13/h4-7,10,16-17,24H,8-9,11-12H2,1-3H3/q+1/t16-,17+/m1/s1. The van der Waals surface area contributed by atoms with Crippen molar-refractivity contribution in [1.29, 1.82) is 0 Å². The quantitative estimate of drug-likeness (QED) is 0.739. The summed E-state index contributed by atoms with van der Waals surface area (Å²) in [6, 6.07) is 10.0. The minimum Gasteiger partial charge on any atom is -0.492 e. The summed E-state index contributed by atoms with van der Waals surface area (Å²) in [5, 5.41) is 11.0. The number of halogens is 1. The summed E-state index contributed by atoms with van der Waals surface area (Å²) in [6.07, 6.45) is 0.999. The van der Waals surface area contributed by atoms with Gasteiger partial charge in [0.05, 0.1) is 39.4 Å². The molecule has 6 heteroatoms. The van der Waals surface area contributed by atoms with Crippen molar-refractivity contribution in [2.45, 2.75) is 25.0 Å². The van der Waals surface area contributed by atoms with Crippen LogP contribution in [0.5, 0.6) is 17.2 Å². The molecule has 0 aromatic heterocycles. The first-order chi connectivity index (χ1) is 12.9. The van der Waals surface area contributed by atoms with Crippen molar-refractivity contribution in [3.8, 4) is 17.2 Å². The van der Waals surface area contributed by atoms with Gasteiger partial charge in [-0.15, -0.1) is 0 Å². The Kier molecular flexibility index (Phi) is 4.82. The van der Waals surface area contributed by atoms with E-state index in [1.807, 2.05) is 24.3 Å². The van der Waals surface area contributed by atoms with Gasteiger partial charge in [-0.1, -0.05) is 28.1 Å². The van der Waals surface area contributed by atoms with E-state index in [4.69, 9.17) is 14.2 Å². The molecule has 2 heterocycles. The molecule has 2 aliphatic rings. The maximum Gasteiger partial charge on any atom is 0.231 e. The molecule has 0 saturated heterocycles. The maximum atomic E-state index is 11.0. The van der Waals surface area contributed by atoms with Crippen molar-refractivity contribution < 1.29 is 23.8 Å². The summed E-state index contributed by atoms with van der Waals surface area (Å²) in [5.41, 5.74) is 3.28. The van der Waals surface area contributed by atoms with E-state index >= 15 is 0 Å². The van der Waals surface area contributed by atoms with Crippen LogP contribution < -0.4 is 14.2 Å². The van der Waals surface area contributed by atoms with Crippen LogP contribution in [0.2, 0.25) is 0 Å². The Labute approximate surface area is 168 Å². The van der Waals surface area contributed by atoms with Crippen molar-refractivity contribution >= 4 is 15.9 Å². The van der Waals surface area contributed by atoms with Gasteiger partial charge in [0.1, 0.15) is 6.04 Å². The Balaban J connectivity index is 1.75. The first-order valence-electron chi connectivity index (χ1n) is 9.16. The minimum absolute atomic E-state index is 0.0943. The van der Waals surface area contributed by atoms with E-state index in [2.05, 4.69) is 36.1 Å². The van der Waals surface area contributed by atoms with Crippen LogP contribution in [0, 0.1) is 0 Å². The monoisotopic (exact) mass is 434 g/mol. The zero-order chi connectivity index (χ0) is 19.2. The molecule has 27 heavy (non-hydrogen) atoms. The largest absolute Gasteiger partial charge is 0.492 e. The summed E-state index contributed by atoms with van der Waals surface area (Å²) in [6.45, 7) is 1.21. The number of aliphatic hydroxyl groups is 1. The number of hydrogen-bond donors (Lipinski definition) is 1. The molecule has 0 aliphatic carbocycles. The highest BCUT2D eigenvalue weighted by atomic mass is 79.9.